The average Bonchev–Trinajstić information content (AvgIpc) is 2.28. The zero-order chi connectivity index (χ0) is 12.4. The van der Waals surface area contributed by atoms with Crippen molar-refractivity contribution < 1.29 is 0 Å². The first-order valence-corrected chi connectivity index (χ1v) is 6.36. The van der Waals surface area contributed by atoms with Crippen molar-refractivity contribution in [3.05, 3.63) is 17.0 Å². The minimum absolute atomic E-state index is 0.340. The van der Waals surface area contributed by atoms with Gasteiger partial charge < -0.3 is 9.80 Å². The van der Waals surface area contributed by atoms with Gasteiger partial charge in [0.05, 0.1) is 0 Å². The van der Waals surface area contributed by atoms with Crippen molar-refractivity contribution in [1.29, 1.82) is 0 Å². The fourth-order valence-electron chi connectivity index (χ4n) is 2.26. The zero-order valence-corrected chi connectivity index (χ0v) is 11.4. The molecule has 2 rings (SSSR count). The van der Waals surface area contributed by atoms with E-state index in [4.69, 9.17) is 11.6 Å². The Morgan fingerprint density at radius 2 is 2.18 bits per heavy atom. The van der Waals surface area contributed by atoms with Gasteiger partial charge in [-0.1, -0.05) is 0 Å². The molecule has 1 saturated heterocycles. The normalized spacial score (nSPS) is 21.0. The highest BCUT2D eigenvalue weighted by molar-refractivity contribution is 6.28. The molecule has 0 amide bonds. The predicted octanol–water partition coefficient (Wildman–Crippen LogP) is 1.97. The van der Waals surface area contributed by atoms with Crippen molar-refractivity contribution >= 4 is 17.4 Å². The maximum atomic E-state index is 5.91. The lowest BCUT2D eigenvalue weighted by Gasteiger charge is -2.36. The maximum absolute atomic E-state index is 5.91. The van der Waals surface area contributed by atoms with Crippen LogP contribution in [0.4, 0.5) is 5.82 Å². The minimum Gasteiger partial charge on any atom is -0.355 e. The largest absolute Gasteiger partial charge is 0.355 e. The quantitative estimate of drug-likeness (QED) is 0.756. The fraction of sp³-hybridized carbons (Fsp3) is 0.667. The number of rotatable bonds is 2. The van der Waals surface area contributed by atoms with Gasteiger partial charge in [-0.15, -0.1) is 0 Å². The number of halogens is 1. The molecule has 0 aliphatic carbocycles. The number of nitrogens with zero attached hydrogens (tertiary/aromatic N) is 4. The molecule has 0 radical (unpaired) electrons. The number of anilines is 1. The van der Waals surface area contributed by atoms with Crippen molar-refractivity contribution in [3.63, 3.8) is 0 Å². The molecule has 1 aliphatic rings. The summed E-state index contributed by atoms with van der Waals surface area (Å²) >= 11 is 5.91. The number of piperidine rings is 1. The van der Waals surface area contributed by atoms with Crippen LogP contribution in [0, 0.1) is 6.92 Å². The van der Waals surface area contributed by atoms with Gasteiger partial charge in [-0.05, 0) is 45.5 Å². The van der Waals surface area contributed by atoms with E-state index in [1.54, 1.807) is 0 Å². The molecule has 0 saturated carbocycles. The first-order valence-electron chi connectivity index (χ1n) is 5.99. The summed E-state index contributed by atoms with van der Waals surface area (Å²) in [6, 6.07) is 2.60. The Hall–Kier alpha value is -0.870. The molecular formula is C12H19ClN4. The molecule has 1 unspecified atom stereocenters. The first kappa shape index (κ1) is 12.6. The number of hydrogen-bond donors (Lipinski definition) is 0. The second-order valence-electron chi connectivity index (χ2n) is 4.84. The molecule has 0 bridgehead atoms. The SMILES string of the molecule is Cc1cc(N2CCCC(N(C)C)C2)nc(Cl)n1. The van der Waals surface area contributed by atoms with Crippen molar-refractivity contribution in [2.45, 2.75) is 25.8 Å². The Morgan fingerprint density at radius 3 is 2.82 bits per heavy atom. The van der Waals surface area contributed by atoms with Crippen LogP contribution < -0.4 is 4.90 Å². The molecule has 0 aromatic carbocycles. The lowest BCUT2D eigenvalue weighted by Crippen LogP contribution is -2.45. The van der Waals surface area contributed by atoms with E-state index in [2.05, 4.69) is 33.9 Å². The number of hydrogen-bond acceptors (Lipinski definition) is 4. The van der Waals surface area contributed by atoms with Crippen molar-refractivity contribution in [2.75, 3.05) is 32.1 Å². The Morgan fingerprint density at radius 1 is 1.41 bits per heavy atom. The highest BCUT2D eigenvalue weighted by atomic mass is 35.5. The van der Waals surface area contributed by atoms with Crippen molar-refractivity contribution in [1.82, 2.24) is 14.9 Å². The van der Waals surface area contributed by atoms with Crippen LogP contribution >= 0.6 is 11.6 Å². The van der Waals surface area contributed by atoms with Crippen LogP contribution in [-0.2, 0) is 0 Å². The molecule has 94 valence electrons. The van der Waals surface area contributed by atoms with Crippen LogP contribution in [0.2, 0.25) is 5.28 Å². The second kappa shape index (κ2) is 5.19. The number of aromatic nitrogens is 2. The molecule has 4 nitrogen and oxygen atoms in total. The molecule has 1 aromatic rings. The van der Waals surface area contributed by atoms with E-state index < -0.39 is 0 Å². The summed E-state index contributed by atoms with van der Waals surface area (Å²) in [5.41, 5.74) is 0.923. The summed E-state index contributed by atoms with van der Waals surface area (Å²) in [4.78, 5) is 13.0. The van der Waals surface area contributed by atoms with E-state index in [1.807, 2.05) is 13.0 Å². The van der Waals surface area contributed by atoms with Gasteiger partial charge in [0, 0.05) is 30.9 Å². The third-order valence-electron chi connectivity index (χ3n) is 3.26. The molecule has 1 atom stereocenters. The molecule has 0 spiro atoms. The molecule has 0 N–H and O–H groups in total. The van der Waals surface area contributed by atoms with Crippen LogP contribution in [-0.4, -0.2) is 48.1 Å². The van der Waals surface area contributed by atoms with Crippen LogP contribution in [0.3, 0.4) is 0 Å². The first-order chi connectivity index (χ1) is 8.06. The average molecular weight is 255 g/mol. The molecule has 2 heterocycles. The Labute approximate surface area is 108 Å². The van der Waals surface area contributed by atoms with Crippen molar-refractivity contribution in [3.8, 4) is 0 Å². The highest BCUT2D eigenvalue weighted by Gasteiger charge is 2.22. The van der Waals surface area contributed by atoms with E-state index in [9.17, 15) is 0 Å². The standard InChI is InChI=1S/C12H19ClN4/c1-9-7-11(15-12(13)14-9)17-6-4-5-10(8-17)16(2)3/h7,10H,4-6,8H2,1-3H3. The third-order valence-corrected chi connectivity index (χ3v) is 3.43. The second-order valence-corrected chi connectivity index (χ2v) is 5.18. The topological polar surface area (TPSA) is 32.3 Å². The van der Waals surface area contributed by atoms with E-state index >= 15 is 0 Å². The van der Waals surface area contributed by atoms with Crippen LogP contribution in [0.1, 0.15) is 18.5 Å². The molecule has 1 aromatic heterocycles. The smallest absolute Gasteiger partial charge is 0.224 e. The molecule has 5 heteroatoms. The van der Waals surface area contributed by atoms with Gasteiger partial charge in [-0.25, -0.2) is 9.97 Å². The summed E-state index contributed by atoms with van der Waals surface area (Å²) in [6.07, 6.45) is 2.45. The van der Waals surface area contributed by atoms with Crippen LogP contribution in [0.5, 0.6) is 0 Å². The van der Waals surface area contributed by atoms with Gasteiger partial charge in [0.25, 0.3) is 0 Å². The summed E-state index contributed by atoms with van der Waals surface area (Å²) in [5.74, 6) is 0.953. The van der Waals surface area contributed by atoms with Crippen molar-refractivity contribution in [2.24, 2.45) is 0 Å². The van der Waals surface area contributed by atoms with Crippen LogP contribution in [0.25, 0.3) is 0 Å². The number of aryl methyl sites for hydroxylation is 1. The lowest BCUT2D eigenvalue weighted by atomic mass is 10.1. The monoisotopic (exact) mass is 254 g/mol. The summed E-state index contributed by atoms with van der Waals surface area (Å²) in [5, 5.41) is 0.340. The zero-order valence-electron chi connectivity index (χ0n) is 10.6. The third kappa shape index (κ3) is 3.07. The van der Waals surface area contributed by atoms with Gasteiger partial charge in [-0.2, -0.15) is 0 Å². The van der Waals surface area contributed by atoms with E-state index in [-0.39, 0.29) is 0 Å². The van der Waals surface area contributed by atoms with Crippen LogP contribution in [0.15, 0.2) is 6.07 Å². The molecule has 1 fully saturated rings. The maximum Gasteiger partial charge on any atom is 0.224 e. The van der Waals surface area contributed by atoms with Gasteiger partial charge in [0.15, 0.2) is 0 Å². The highest BCUT2D eigenvalue weighted by Crippen LogP contribution is 2.21. The summed E-state index contributed by atoms with van der Waals surface area (Å²) in [6.45, 7) is 4.02. The van der Waals surface area contributed by atoms with E-state index in [1.165, 1.54) is 12.8 Å². The van der Waals surface area contributed by atoms with Gasteiger partial charge in [0.2, 0.25) is 5.28 Å². The lowest BCUT2D eigenvalue weighted by molar-refractivity contribution is 0.257. The van der Waals surface area contributed by atoms with E-state index in [0.717, 1.165) is 24.6 Å². The van der Waals surface area contributed by atoms with E-state index in [0.29, 0.717) is 11.3 Å². The fourth-order valence-corrected chi connectivity index (χ4v) is 2.48. The summed E-state index contributed by atoms with van der Waals surface area (Å²) < 4.78 is 0. The molecular weight excluding hydrogens is 236 g/mol. The minimum atomic E-state index is 0.340. The molecule has 1 aliphatic heterocycles. The Balaban J connectivity index is 2.16. The summed E-state index contributed by atoms with van der Waals surface area (Å²) in [7, 11) is 4.26. The van der Waals surface area contributed by atoms with Gasteiger partial charge >= 0.3 is 0 Å². The Bertz CT molecular complexity index is 374. The predicted molar refractivity (Wildman–Crippen MR) is 70.7 cm³/mol. The van der Waals surface area contributed by atoms with Gasteiger partial charge in [-0.3, -0.25) is 0 Å². The van der Waals surface area contributed by atoms with Gasteiger partial charge in [0.1, 0.15) is 5.82 Å². The molecule has 17 heavy (non-hydrogen) atoms. The number of likely N-dealkylation sites (N-methyl/N-ethyl adjacent to an activating group) is 1. The Kier molecular flexibility index (Phi) is 3.84.